The number of carbonyl (C=O) groups excluding carboxylic acids is 6. The molecule has 3 rings (SSSR count). The molecule has 0 aromatic carbocycles. The van der Waals surface area contributed by atoms with Crippen molar-refractivity contribution in [3.8, 4) is 0 Å². The van der Waals surface area contributed by atoms with E-state index in [0.29, 0.717) is 19.4 Å². The molecule has 0 aromatic heterocycles. The second-order valence-electron chi connectivity index (χ2n) is 12.8. The molecule has 1 aliphatic heterocycles. The van der Waals surface area contributed by atoms with Crippen molar-refractivity contribution in [3.63, 3.8) is 0 Å². The molecule has 4 atom stereocenters. The Labute approximate surface area is 244 Å². The minimum atomic E-state index is -3.16. The van der Waals surface area contributed by atoms with Crippen LogP contribution in [0, 0.1) is 11.3 Å². The van der Waals surface area contributed by atoms with E-state index in [4.69, 9.17) is 4.74 Å². The molecule has 42 heavy (non-hydrogen) atoms. The first kappa shape index (κ1) is 33.2. The first-order valence-electron chi connectivity index (χ1n) is 14.5. The minimum absolute atomic E-state index is 0.0157. The molecule has 0 radical (unpaired) electrons. The molecule has 12 nitrogen and oxygen atoms in total. The Kier molecular flexibility index (Phi) is 10.2. The van der Waals surface area contributed by atoms with Gasteiger partial charge in [-0.15, -0.1) is 0 Å². The summed E-state index contributed by atoms with van der Waals surface area (Å²) in [6.07, 6.45) is -0.787. The third kappa shape index (κ3) is 8.60. The number of amides is 5. The monoisotopic (exact) mass is 599 g/mol. The van der Waals surface area contributed by atoms with Crippen molar-refractivity contribution >= 4 is 35.5 Å². The van der Waals surface area contributed by atoms with Crippen molar-refractivity contribution in [3.05, 3.63) is 0 Å². The van der Waals surface area contributed by atoms with Crippen molar-refractivity contribution in [2.75, 3.05) is 6.54 Å². The number of rotatable bonds is 13. The Hall–Kier alpha value is -3.32. The highest BCUT2D eigenvalue weighted by atomic mass is 19.3. The van der Waals surface area contributed by atoms with Crippen LogP contribution in [0.4, 0.5) is 8.78 Å². The molecule has 1 heterocycles. The van der Waals surface area contributed by atoms with Crippen molar-refractivity contribution in [1.29, 1.82) is 0 Å². The fourth-order valence-electron chi connectivity index (χ4n) is 5.12. The molecule has 1 saturated heterocycles. The van der Waals surface area contributed by atoms with Gasteiger partial charge in [0.25, 0.3) is 11.8 Å². The lowest BCUT2D eigenvalue weighted by Gasteiger charge is -2.47. The van der Waals surface area contributed by atoms with E-state index in [1.807, 2.05) is 0 Å². The van der Waals surface area contributed by atoms with E-state index in [0.717, 1.165) is 19.8 Å². The van der Waals surface area contributed by atoms with Gasteiger partial charge in [-0.3, -0.25) is 28.8 Å². The van der Waals surface area contributed by atoms with Crippen LogP contribution in [0.25, 0.3) is 0 Å². The number of alkyl halides is 2. The van der Waals surface area contributed by atoms with Crippen molar-refractivity contribution in [1.82, 2.24) is 26.6 Å². The molecule has 0 spiro atoms. The van der Waals surface area contributed by atoms with Crippen molar-refractivity contribution in [2.24, 2.45) is 11.3 Å². The molecule has 14 heteroatoms. The molecule has 5 amide bonds. The molecule has 5 N–H and O–H groups in total. The predicted molar refractivity (Wildman–Crippen MR) is 146 cm³/mol. The van der Waals surface area contributed by atoms with Crippen LogP contribution >= 0.6 is 0 Å². The van der Waals surface area contributed by atoms with Gasteiger partial charge < -0.3 is 31.3 Å². The summed E-state index contributed by atoms with van der Waals surface area (Å²) in [7, 11) is 0. The van der Waals surface area contributed by atoms with Crippen molar-refractivity contribution in [2.45, 2.75) is 122 Å². The van der Waals surface area contributed by atoms with Crippen LogP contribution in [0.2, 0.25) is 0 Å². The van der Waals surface area contributed by atoms with Gasteiger partial charge in [-0.1, -0.05) is 34.1 Å². The third-order valence-corrected chi connectivity index (χ3v) is 7.66. The highest BCUT2D eigenvalue weighted by Crippen LogP contribution is 2.46. The number of hydrogen-bond acceptors (Lipinski definition) is 7. The van der Waals surface area contributed by atoms with Gasteiger partial charge in [0.15, 0.2) is 6.10 Å². The van der Waals surface area contributed by atoms with Gasteiger partial charge in [0, 0.05) is 43.7 Å². The van der Waals surface area contributed by atoms with Crippen LogP contribution in [-0.4, -0.2) is 77.7 Å². The average molecular weight is 600 g/mol. The summed E-state index contributed by atoms with van der Waals surface area (Å²) >= 11 is 0. The SMILES string of the molecule is CCC[C@H](NC(=O)C1(NC(=O)C(C)(C)C)CC(F)(F)C1)C(=O)N[C@@H](C[C@@H]1CCNC1=O)C(OC(C)=O)C(=O)NC1CC1. The summed E-state index contributed by atoms with van der Waals surface area (Å²) in [6.45, 7) is 8.05. The summed E-state index contributed by atoms with van der Waals surface area (Å²) in [4.78, 5) is 77.0. The second-order valence-corrected chi connectivity index (χ2v) is 12.8. The second kappa shape index (κ2) is 12.9. The predicted octanol–water partition coefficient (Wildman–Crippen LogP) is 0.823. The summed E-state index contributed by atoms with van der Waals surface area (Å²) in [6, 6.07) is -2.41. The molecule has 0 bridgehead atoms. The molecular formula is C28H43F2N5O7. The van der Waals surface area contributed by atoms with Crippen LogP contribution in [0.3, 0.4) is 0 Å². The fraction of sp³-hybridized carbons (Fsp3) is 0.786. The molecule has 1 unspecified atom stereocenters. The minimum Gasteiger partial charge on any atom is -0.450 e. The Balaban J connectivity index is 1.82. The van der Waals surface area contributed by atoms with Crippen LogP contribution < -0.4 is 26.6 Å². The number of hydrogen-bond donors (Lipinski definition) is 5. The molecule has 2 aliphatic carbocycles. The molecule has 0 aromatic rings. The summed E-state index contributed by atoms with van der Waals surface area (Å²) in [5, 5.41) is 13.1. The lowest BCUT2D eigenvalue weighted by molar-refractivity contribution is -0.169. The zero-order valence-corrected chi connectivity index (χ0v) is 24.9. The van der Waals surface area contributed by atoms with E-state index in [1.165, 1.54) is 0 Å². The van der Waals surface area contributed by atoms with Crippen LogP contribution in [0.1, 0.15) is 86.0 Å². The van der Waals surface area contributed by atoms with Crippen LogP contribution in [-0.2, 0) is 33.5 Å². The highest BCUT2D eigenvalue weighted by molar-refractivity contribution is 5.97. The Morgan fingerprint density at radius 1 is 1.05 bits per heavy atom. The summed E-state index contributed by atoms with van der Waals surface area (Å²) in [5.41, 5.74) is -2.85. The highest BCUT2D eigenvalue weighted by Gasteiger charge is 2.62. The third-order valence-electron chi connectivity index (χ3n) is 7.66. The van der Waals surface area contributed by atoms with E-state index in [9.17, 15) is 37.5 Å². The lowest BCUT2D eigenvalue weighted by atomic mass is 9.71. The maximum atomic E-state index is 14.0. The van der Waals surface area contributed by atoms with Gasteiger partial charge in [-0.2, -0.15) is 0 Å². The zero-order chi connectivity index (χ0) is 31.5. The normalized spacial score (nSPS) is 22.8. The van der Waals surface area contributed by atoms with E-state index >= 15 is 0 Å². The topological polar surface area (TPSA) is 172 Å². The van der Waals surface area contributed by atoms with E-state index < -0.39 is 83.4 Å². The molecule has 2 saturated carbocycles. The number of ether oxygens (including phenoxy) is 1. The molecule has 3 fully saturated rings. The van der Waals surface area contributed by atoms with Crippen molar-refractivity contribution < 1.29 is 42.3 Å². The van der Waals surface area contributed by atoms with E-state index in [1.54, 1.807) is 27.7 Å². The van der Waals surface area contributed by atoms with Crippen LogP contribution in [0.5, 0.6) is 0 Å². The standard InChI is InChI=1S/C28H43F2N5O7/c1-6-7-18(34-25(41)27(13-28(29,30)14-27)35-24(40)26(3,4)5)22(38)33-19(12-16-10-11-31-21(16)37)20(42-15(2)36)23(39)32-17-8-9-17/h16-20H,6-14H2,1-5H3,(H,31,37)(H,32,39)(H,33,38)(H,34,41)(H,35,40)/t16-,18-,19-,20?/m0/s1. The Morgan fingerprint density at radius 2 is 1.69 bits per heavy atom. The van der Waals surface area contributed by atoms with Gasteiger partial charge in [-0.05, 0) is 32.1 Å². The number of nitrogens with one attached hydrogen (secondary N) is 5. The molecule has 236 valence electrons. The smallest absolute Gasteiger partial charge is 0.303 e. The van der Waals surface area contributed by atoms with Gasteiger partial charge in [0.1, 0.15) is 11.6 Å². The van der Waals surface area contributed by atoms with Crippen LogP contribution in [0.15, 0.2) is 0 Å². The Morgan fingerprint density at radius 3 is 2.17 bits per heavy atom. The largest absolute Gasteiger partial charge is 0.450 e. The summed E-state index contributed by atoms with van der Waals surface area (Å²) < 4.78 is 33.4. The maximum absolute atomic E-state index is 14.0. The fourth-order valence-corrected chi connectivity index (χ4v) is 5.12. The first-order chi connectivity index (χ1) is 19.5. The Bertz CT molecular complexity index is 1080. The van der Waals surface area contributed by atoms with Gasteiger partial charge in [0.2, 0.25) is 23.6 Å². The van der Waals surface area contributed by atoms with Gasteiger partial charge >= 0.3 is 5.97 Å². The first-order valence-corrected chi connectivity index (χ1v) is 14.5. The maximum Gasteiger partial charge on any atom is 0.303 e. The molecular weight excluding hydrogens is 556 g/mol. The number of esters is 1. The zero-order valence-electron chi connectivity index (χ0n) is 24.9. The van der Waals surface area contributed by atoms with E-state index in [2.05, 4.69) is 26.6 Å². The van der Waals surface area contributed by atoms with E-state index in [-0.39, 0.29) is 24.8 Å². The number of halogens is 2. The van der Waals surface area contributed by atoms with Gasteiger partial charge in [-0.25, -0.2) is 8.78 Å². The average Bonchev–Trinajstić information content (AvgIpc) is 3.58. The quantitative estimate of drug-likeness (QED) is 0.195. The lowest BCUT2D eigenvalue weighted by Crippen LogP contribution is -2.71. The number of carbonyl (C=O) groups is 6. The van der Waals surface area contributed by atoms with Gasteiger partial charge in [0.05, 0.1) is 6.04 Å². The summed E-state index contributed by atoms with van der Waals surface area (Å²) in [5.74, 6) is -7.62. The molecule has 3 aliphatic rings.